The molecule has 0 heterocycles. The summed E-state index contributed by atoms with van der Waals surface area (Å²) in [4.78, 5) is 30.3. The molecule has 8 saturated carbocycles. The minimum absolute atomic E-state index is 0. The number of esters is 2. The minimum Gasteiger partial charge on any atom is -0.744 e. The number of methoxy groups -OCH3 is 2. The first kappa shape index (κ1) is 103. The second kappa shape index (κ2) is 41.5. The number of hydrogen-bond acceptors (Lipinski definition) is 17. The fourth-order valence-electron chi connectivity index (χ4n) is 16.7. The van der Waals surface area contributed by atoms with Crippen LogP contribution < -0.4 is 39.0 Å². The van der Waals surface area contributed by atoms with Gasteiger partial charge in [0.2, 0.25) is 0 Å². The van der Waals surface area contributed by atoms with E-state index in [0.29, 0.717) is 16.7 Å². The molecule has 9 aliphatic carbocycles. The van der Waals surface area contributed by atoms with E-state index < -0.39 is 139 Å². The average Bonchev–Trinajstić information content (AvgIpc) is 0.736. The summed E-state index contributed by atoms with van der Waals surface area (Å²) >= 11 is 0. The summed E-state index contributed by atoms with van der Waals surface area (Å²) in [6.07, 6.45) is -13.2. The van der Waals surface area contributed by atoms with Gasteiger partial charge in [-0.3, -0.25) is 18.7 Å². The Morgan fingerprint density at radius 1 is 0.460 bits per heavy atom. The first-order chi connectivity index (χ1) is 57.2. The van der Waals surface area contributed by atoms with Gasteiger partial charge in [-0.2, -0.15) is 87.1 Å². The first-order valence-corrected chi connectivity index (χ1v) is 45.1. The zero-order valence-corrected chi connectivity index (χ0v) is 73.6. The Labute approximate surface area is 735 Å². The first-order valence-electron chi connectivity index (χ1n) is 38.3. The van der Waals surface area contributed by atoms with Gasteiger partial charge in [-0.15, -0.1) is 0 Å². The number of hydrogen-bond donors (Lipinski definition) is 2. The number of allylic oxidation sites excluding steroid dienone is 3. The number of rotatable bonds is 27. The van der Waals surface area contributed by atoms with Crippen molar-refractivity contribution in [2.75, 3.05) is 41.0 Å². The van der Waals surface area contributed by atoms with E-state index in [1.165, 1.54) is 31.2 Å². The Kier molecular flexibility index (Phi) is 34.4. The maximum Gasteiger partial charge on any atom is 1.00 e. The van der Waals surface area contributed by atoms with Gasteiger partial charge < -0.3 is 42.4 Å². The molecule has 6 aromatic carbocycles. The quantitative estimate of drug-likeness (QED) is 0.0121. The Bertz CT molecular complexity index is 4680. The van der Waals surface area contributed by atoms with E-state index in [2.05, 4.69) is 73.6 Å². The van der Waals surface area contributed by atoms with Crippen LogP contribution in [0.5, 0.6) is 11.5 Å². The number of carbonyl (C=O) groups excluding carboxylic acids is 2. The molecule has 678 valence electrons. The summed E-state index contributed by atoms with van der Waals surface area (Å²) in [5.41, 5.74) is -6.55. The fraction of sp³-hybridized carbons (Fsp3) is 0.494. The Hall–Kier alpha value is -6.51. The molecule has 0 amide bonds. The normalized spacial score (nSPS) is 23.9. The van der Waals surface area contributed by atoms with Gasteiger partial charge in [0.05, 0.1) is 37.5 Å². The van der Waals surface area contributed by atoms with Crippen LogP contribution in [0.2, 0.25) is 0 Å². The zero-order chi connectivity index (χ0) is 90.8. The Morgan fingerprint density at radius 2 is 0.766 bits per heavy atom. The van der Waals surface area contributed by atoms with Crippen molar-refractivity contribution in [3.05, 3.63) is 194 Å². The van der Waals surface area contributed by atoms with E-state index in [1.807, 2.05) is 91.9 Å². The van der Waals surface area contributed by atoms with Gasteiger partial charge in [-0.25, -0.2) is 8.42 Å². The number of halogens is 16. The molecular formula is C83H91F16NaO19S5+2. The molecule has 6 unspecified atom stereocenters. The van der Waals surface area contributed by atoms with Crippen LogP contribution in [0.25, 0.3) is 0 Å². The molecule has 9 aliphatic rings. The standard InChI is InChI=1S/C24H26F3O3S.C24H24F3O3S.2C14H17F5O5S.C7H8O3S.Na/c2*1-23(24(25,26)27,30-18-28-2)17-29-19-13-15-22(16-14-19)31(20-9-5-3-6-10-20)21-11-7-4-8-12-21;2*15-13(16,17)10(14(18,19)25(21,22)23)24-11(20)12-4-7-1-8(5-12)3-9(2-7)6-12;1-6-2-4-7(5-3-6)11(8,9)10;/h3-11,13-16,21H,12,17-18H2,1-2H3;3-16H,17-18H2,1-2H3;2*7-10H,1-6H2,(H,21,22,23);2-5H,1H3,(H,8,9,10);/q2*+1;;;;+1/p-1. The van der Waals surface area contributed by atoms with Crippen molar-refractivity contribution >= 4 is 64.1 Å². The van der Waals surface area contributed by atoms with Crippen LogP contribution in [-0.4, -0.2) is 156 Å². The monoisotopic (exact) mass is 1880 g/mol. The van der Waals surface area contributed by atoms with Gasteiger partial charge >= 0.3 is 96.9 Å². The van der Waals surface area contributed by atoms with Crippen molar-refractivity contribution < 1.29 is 186 Å². The van der Waals surface area contributed by atoms with Gasteiger partial charge in [0.1, 0.15) is 48.4 Å². The Balaban J connectivity index is 0.000000197. The number of ether oxygens (including phenoxy) is 8. The van der Waals surface area contributed by atoms with Crippen LogP contribution >= 0.6 is 0 Å². The van der Waals surface area contributed by atoms with Crippen LogP contribution in [0, 0.1) is 53.3 Å². The van der Waals surface area contributed by atoms with Crippen LogP contribution in [0.15, 0.2) is 217 Å². The molecule has 2 N–H and O–H groups in total. The summed E-state index contributed by atoms with van der Waals surface area (Å²) in [5.74, 6) is -1.34. The van der Waals surface area contributed by atoms with E-state index in [1.54, 1.807) is 36.4 Å². The molecule has 8 bridgehead atoms. The molecule has 6 aromatic rings. The molecule has 19 nitrogen and oxygen atoms in total. The molecular weight excluding hydrogens is 1790 g/mol. The molecule has 0 saturated heterocycles. The maximum absolute atomic E-state index is 13.6. The molecule has 15 rings (SSSR count). The largest absolute Gasteiger partial charge is 1.00 e. The summed E-state index contributed by atoms with van der Waals surface area (Å²) in [5, 5.41) is -11.0. The molecule has 0 aliphatic heterocycles. The number of alkyl halides is 16. The van der Waals surface area contributed by atoms with Gasteiger partial charge in [-0.1, -0.05) is 90.5 Å². The van der Waals surface area contributed by atoms with E-state index in [4.69, 9.17) is 28.1 Å². The third kappa shape index (κ3) is 26.0. The molecule has 41 heteroatoms. The van der Waals surface area contributed by atoms with Crippen LogP contribution in [0.4, 0.5) is 70.2 Å². The maximum atomic E-state index is 13.6. The average molecular weight is 1880 g/mol. The summed E-state index contributed by atoms with van der Waals surface area (Å²) in [7, 11) is -15.1. The van der Waals surface area contributed by atoms with Crippen molar-refractivity contribution in [1.29, 1.82) is 0 Å². The molecule has 0 spiro atoms. The van der Waals surface area contributed by atoms with Crippen molar-refractivity contribution in [2.45, 2.75) is 197 Å². The van der Waals surface area contributed by atoms with E-state index in [9.17, 15) is 110 Å². The second-order valence-corrected chi connectivity index (χ2v) is 40.3. The van der Waals surface area contributed by atoms with Crippen molar-refractivity contribution in [1.82, 2.24) is 0 Å². The van der Waals surface area contributed by atoms with Gasteiger partial charge in [0, 0.05) is 20.6 Å². The van der Waals surface area contributed by atoms with Gasteiger partial charge in [-0.05, 0) is 236 Å². The third-order valence-corrected chi connectivity index (χ3v) is 29.5. The van der Waals surface area contributed by atoms with E-state index in [-0.39, 0.29) is 130 Å². The molecule has 124 heavy (non-hydrogen) atoms. The predicted molar refractivity (Wildman–Crippen MR) is 416 cm³/mol. The number of aryl methyl sites for hydroxylation is 1. The van der Waals surface area contributed by atoms with Crippen LogP contribution in [-0.2, 0) is 90.2 Å². The topological polar surface area (TPSA) is 274 Å². The molecule has 8 fully saturated rings. The van der Waals surface area contributed by atoms with Crippen LogP contribution in [0.3, 0.4) is 0 Å². The summed E-state index contributed by atoms with van der Waals surface area (Å²) in [6, 6.07) is 50.7. The fourth-order valence-corrected chi connectivity index (χ4v) is 22.6. The van der Waals surface area contributed by atoms with Crippen molar-refractivity contribution in [3.8, 4) is 11.5 Å². The molecule has 6 atom stereocenters. The number of carbonyl (C=O) groups is 2. The van der Waals surface area contributed by atoms with E-state index >= 15 is 0 Å². The van der Waals surface area contributed by atoms with Gasteiger partial charge in [0.25, 0.3) is 12.2 Å². The summed E-state index contributed by atoms with van der Waals surface area (Å²) < 4.78 is 341. The number of benzene rings is 6. The van der Waals surface area contributed by atoms with E-state index in [0.717, 1.165) is 83.9 Å². The second-order valence-electron chi connectivity index (χ2n) is 31.6. The van der Waals surface area contributed by atoms with Crippen molar-refractivity contribution in [3.63, 3.8) is 0 Å². The third-order valence-electron chi connectivity index (χ3n) is 22.1. The zero-order valence-electron chi connectivity index (χ0n) is 67.5. The SMILES string of the molecule is COCOC(C)(COc1ccc([S+](c2ccccc2)C2C=CC=CC2)cc1)C(F)(F)F.COCOC(C)(COc1ccc([S+](c2ccccc2)c2ccccc2)cc1)C(F)(F)F.Cc1ccc(S(=O)(=O)[O-])cc1.O=C(OC(C(F)(F)F)C(F)(F)S(=O)(=O)O)C12CC3CC(CC(C3)C1)C2.O=C(OC(C(F)(F)F)C(F)(F)S(=O)(=O)O)C12CC3CC(CC(C3)C1)C2.[Na+]. The summed E-state index contributed by atoms with van der Waals surface area (Å²) in [6.45, 7) is 1.43. The van der Waals surface area contributed by atoms with Gasteiger partial charge in [0.15, 0.2) is 40.9 Å². The smallest absolute Gasteiger partial charge is 0.744 e. The molecule has 0 radical (unpaired) electrons. The predicted octanol–water partition coefficient (Wildman–Crippen LogP) is 16.2. The van der Waals surface area contributed by atoms with Crippen LogP contribution in [0.1, 0.15) is 103 Å². The molecule has 0 aromatic heterocycles. The Morgan fingerprint density at radius 3 is 1.05 bits per heavy atom. The van der Waals surface area contributed by atoms with Crippen molar-refractivity contribution in [2.24, 2.45) is 46.3 Å². The minimum atomic E-state index is -6.42.